The molecule has 0 fully saturated rings. The average Bonchev–Trinajstić information content (AvgIpc) is 2.17. The maximum atomic E-state index is 5.55. The molecule has 1 rings (SSSR count). The highest BCUT2D eigenvalue weighted by atomic mass is 16.5. The molecule has 84 valence electrons. The second kappa shape index (κ2) is 6.24. The van der Waals surface area contributed by atoms with E-state index in [9.17, 15) is 0 Å². The monoisotopic (exact) mass is 209 g/mol. The molecule has 0 aliphatic heterocycles. The molecule has 4 heteroatoms. The number of pyridine rings is 1. The molecule has 0 saturated heterocycles. The van der Waals surface area contributed by atoms with E-state index in [0.29, 0.717) is 18.3 Å². The van der Waals surface area contributed by atoms with E-state index in [-0.39, 0.29) is 0 Å². The van der Waals surface area contributed by atoms with E-state index in [2.05, 4.69) is 24.1 Å². The highest BCUT2D eigenvalue weighted by Crippen LogP contribution is 2.04. The number of nitrogens with two attached hydrogens (primary N) is 1. The number of rotatable bonds is 6. The molecular weight excluding hydrogens is 190 g/mol. The van der Waals surface area contributed by atoms with E-state index < -0.39 is 0 Å². The van der Waals surface area contributed by atoms with Crippen LogP contribution < -0.4 is 11.1 Å². The van der Waals surface area contributed by atoms with Crippen molar-refractivity contribution in [2.75, 3.05) is 30.8 Å². The van der Waals surface area contributed by atoms with Crippen molar-refractivity contribution < 1.29 is 4.74 Å². The van der Waals surface area contributed by atoms with Crippen LogP contribution in [0.15, 0.2) is 18.2 Å². The lowest BCUT2D eigenvalue weighted by atomic mass is 10.2. The van der Waals surface area contributed by atoms with Gasteiger partial charge in [0, 0.05) is 13.2 Å². The third kappa shape index (κ3) is 5.22. The summed E-state index contributed by atoms with van der Waals surface area (Å²) in [4.78, 5) is 4.12. The lowest BCUT2D eigenvalue weighted by molar-refractivity contribution is 0.118. The van der Waals surface area contributed by atoms with Gasteiger partial charge in [0.05, 0.1) is 6.61 Å². The molecular formula is C11H19N3O. The Bertz CT molecular complexity index is 289. The number of hydrogen-bond donors (Lipinski definition) is 2. The van der Waals surface area contributed by atoms with Crippen molar-refractivity contribution in [3.63, 3.8) is 0 Å². The largest absolute Gasteiger partial charge is 0.384 e. The number of nitrogens with one attached hydrogen (secondary N) is 1. The number of hydrogen-bond acceptors (Lipinski definition) is 4. The van der Waals surface area contributed by atoms with Crippen molar-refractivity contribution in [2.45, 2.75) is 13.8 Å². The molecule has 1 aromatic heterocycles. The first-order chi connectivity index (χ1) is 7.18. The topological polar surface area (TPSA) is 60.2 Å². The number of anilines is 2. The highest BCUT2D eigenvalue weighted by molar-refractivity contribution is 5.41. The lowest BCUT2D eigenvalue weighted by Crippen LogP contribution is -2.13. The molecule has 0 amide bonds. The zero-order valence-electron chi connectivity index (χ0n) is 9.36. The summed E-state index contributed by atoms with van der Waals surface area (Å²) in [5, 5.41) is 3.14. The van der Waals surface area contributed by atoms with Crippen LogP contribution in [0.3, 0.4) is 0 Å². The molecule has 4 nitrogen and oxygen atoms in total. The van der Waals surface area contributed by atoms with Gasteiger partial charge in [0.15, 0.2) is 0 Å². The summed E-state index contributed by atoms with van der Waals surface area (Å²) in [5.74, 6) is 1.90. The van der Waals surface area contributed by atoms with Gasteiger partial charge in [-0.25, -0.2) is 4.98 Å². The normalized spacial score (nSPS) is 10.6. The Balaban J connectivity index is 2.15. The van der Waals surface area contributed by atoms with Crippen LogP contribution in [-0.4, -0.2) is 24.7 Å². The standard InChI is InChI=1S/C11H19N3O/c1-9(2)8-15-7-6-13-11-5-3-4-10(12)14-11/h3-5,9H,6-8H2,1-2H3,(H3,12,13,14). The van der Waals surface area contributed by atoms with E-state index in [1.54, 1.807) is 6.07 Å². The molecule has 0 aliphatic carbocycles. The molecule has 0 aliphatic rings. The zero-order chi connectivity index (χ0) is 11.1. The molecule has 0 unspecified atom stereocenters. The van der Waals surface area contributed by atoms with Gasteiger partial charge in [-0.05, 0) is 18.1 Å². The Hall–Kier alpha value is -1.29. The van der Waals surface area contributed by atoms with Crippen LogP contribution in [0.2, 0.25) is 0 Å². The predicted octanol–water partition coefficient (Wildman–Crippen LogP) is 1.75. The van der Waals surface area contributed by atoms with Crippen LogP contribution in [0, 0.1) is 5.92 Å². The van der Waals surface area contributed by atoms with Crippen LogP contribution in [-0.2, 0) is 4.74 Å². The van der Waals surface area contributed by atoms with Gasteiger partial charge in [0.1, 0.15) is 11.6 Å². The first-order valence-electron chi connectivity index (χ1n) is 5.22. The average molecular weight is 209 g/mol. The molecule has 15 heavy (non-hydrogen) atoms. The minimum atomic E-state index is 0.531. The molecule has 0 aromatic carbocycles. The minimum absolute atomic E-state index is 0.531. The van der Waals surface area contributed by atoms with E-state index in [1.165, 1.54) is 0 Å². The maximum Gasteiger partial charge on any atom is 0.128 e. The van der Waals surface area contributed by atoms with Crippen molar-refractivity contribution in [1.82, 2.24) is 4.98 Å². The van der Waals surface area contributed by atoms with Crippen LogP contribution in [0.4, 0.5) is 11.6 Å². The summed E-state index contributed by atoms with van der Waals surface area (Å²) >= 11 is 0. The van der Waals surface area contributed by atoms with E-state index in [1.807, 2.05) is 12.1 Å². The number of ether oxygens (including phenoxy) is 1. The second-order valence-electron chi connectivity index (χ2n) is 3.84. The summed E-state index contributed by atoms with van der Waals surface area (Å²) in [6.45, 7) is 6.50. The molecule has 0 saturated carbocycles. The van der Waals surface area contributed by atoms with Crippen molar-refractivity contribution in [1.29, 1.82) is 0 Å². The lowest BCUT2D eigenvalue weighted by Gasteiger charge is -2.08. The summed E-state index contributed by atoms with van der Waals surface area (Å²) in [6, 6.07) is 5.53. The molecule has 0 atom stereocenters. The van der Waals surface area contributed by atoms with Crippen molar-refractivity contribution in [3.05, 3.63) is 18.2 Å². The first-order valence-corrected chi connectivity index (χ1v) is 5.22. The van der Waals surface area contributed by atoms with Gasteiger partial charge < -0.3 is 15.8 Å². The molecule has 1 aromatic rings. The third-order valence-electron chi connectivity index (χ3n) is 1.77. The summed E-state index contributed by atoms with van der Waals surface area (Å²) < 4.78 is 5.43. The van der Waals surface area contributed by atoms with E-state index in [0.717, 1.165) is 19.0 Å². The smallest absolute Gasteiger partial charge is 0.128 e. The molecule has 0 bridgehead atoms. The summed E-state index contributed by atoms with van der Waals surface area (Å²) in [7, 11) is 0. The van der Waals surface area contributed by atoms with Crippen LogP contribution in [0.5, 0.6) is 0 Å². The molecule has 0 radical (unpaired) electrons. The first kappa shape index (κ1) is 11.8. The fourth-order valence-corrected chi connectivity index (χ4v) is 1.12. The van der Waals surface area contributed by atoms with Gasteiger partial charge in [0.25, 0.3) is 0 Å². The molecule has 3 N–H and O–H groups in total. The van der Waals surface area contributed by atoms with Crippen LogP contribution >= 0.6 is 0 Å². The van der Waals surface area contributed by atoms with Crippen LogP contribution in [0.25, 0.3) is 0 Å². The SMILES string of the molecule is CC(C)COCCNc1cccc(N)n1. The fraction of sp³-hybridized carbons (Fsp3) is 0.545. The number of nitrogens with zero attached hydrogens (tertiary/aromatic N) is 1. The van der Waals surface area contributed by atoms with Crippen molar-refractivity contribution >= 4 is 11.6 Å². The quantitative estimate of drug-likeness (QED) is 0.701. The fourth-order valence-electron chi connectivity index (χ4n) is 1.12. The predicted molar refractivity (Wildman–Crippen MR) is 62.8 cm³/mol. The van der Waals surface area contributed by atoms with Gasteiger partial charge in [-0.2, -0.15) is 0 Å². The van der Waals surface area contributed by atoms with Gasteiger partial charge in [-0.15, -0.1) is 0 Å². The van der Waals surface area contributed by atoms with E-state index in [4.69, 9.17) is 10.5 Å². The Morgan fingerprint density at radius 3 is 2.93 bits per heavy atom. The molecule has 1 heterocycles. The Morgan fingerprint density at radius 2 is 2.27 bits per heavy atom. The Labute approximate surface area is 90.8 Å². The third-order valence-corrected chi connectivity index (χ3v) is 1.77. The molecule has 0 spiro atoms. The van der Waals surface area contributed by atoms with Crippen molar-refractivity contribution in [2.24, 2.45) is 5.92 Å². The Morgan fingerprint density at radius 1 is 1.47 bits per heavy atom. The van der Waals surface area contributed by atoms with Gasteiger partial charge in [-0.3, -0.25) is 0 Å². The number of nitrogen functional groups attached to an aromatic ring is 1. The van der Waals surface area contributed by atoms with E-state index >= 15 is 0 Å². The Kier molecular flexibility index (Phi) is 4.90. The maximum absolute atomic E-state index is 5.55. The van der Waals surface area contributed by atoms with Crippen molar-refractivity contribution in [3.8, 4) is 0 Å². The second-order valence-corrected chi connectivity index (χ2v) is 3.84. The van der Waals surface area contributed by atoms with Crippen LogP contribution in [0.1, 0.15) is 13.8 Å². The summed E-state index contributed by atoms with van der Waals surface area (Å²) in [5.41, 5.74) is 5.55. The number of aromatic nitrogens is 1. The van der Waals surface area contributed by atoms with Gasteiger partial charge in [-0.1, -0.05) is 19.9 Å². The van der Waals surface area contributed by atoms with Gasteiger partial charge >= 0.3 is 0 Å². The highest BCUT2D eigenvalue weighted by Gasteiger charge is 1.95. The minimum Gasteiger partial charge on any atom is -0.384 e. The van der Waals surface area contributed by atoms with Gasteiger partial charge in [0.2, 0.25) is 0 Å². The summed E-state index contributed by atoms with van der Waals surface area (Å²) in [6.07, 6.45) is 0. The zero-order valence-corrected chi connectivity index (χ0v) is 9.36.